The summed E-state index contributed by atoms with van der Waals surface area (Å²) in [6, 6.07) is 1.75. The van der Waals surface area contributed by atoms with Crippen LogP contribution >= 0.6 is 0 Å². The maximum atomic E-state index is 9.31. The topological polar surface area (TPSA) is 67.4 Å². The molecule has 5 heteroatoms. The molecule has 2 N–H and O–H groups in total. The number of aromatic amines is 1. The Labute approximate surface area is 89.4 Å². The van der Waals surface area contributed by atoms with Crippen molar-refractivity contribution in [1.29, 1.82) is 0 Å². The van der Waals surface area contributed by atoms with Crippen molar-refractivity contribution in [1.82, 2.24) is 10.2 Å². The van der Waals surface area contributed by atoms with Crippen LogP contribution in [0.4, 0.5) is 0 Å². The van der Waals surface area contributed by atoms with E-state index in [-0.39, 0.29) is 0 Å². The summed E-state index contributed by atoms with van der Waals surface area (Å²) in [7, 11) is 0. The summed E-state index contributed by atoms with van der Waals surface area (Å²) in [4.78, 5) is 0. The predicted molar refractivity (Wildman–Crippen MR) is 55.2 cm³/mol. The van der Waals surface area contributed by atoms with Gasteiger partial charge in [-0.2, -0.15) is 5.10 Å². The lowest BCUT2D eigenvalue weighted by molar-refractivity contribution is -0.142. The van der Waals surface area contributed by atoms with Gasteiger partial charge in [0.25, 0.3) is 0 Å². The molecule has 0 aromatic carbocycles. The van der Waals surface area contributed by atoms with Gasteiger partial charge in [-0.25, -0.2) is 0 Å². The van der Waals surface area contributed by atoms with Crippen LogP contribution in [0.25, 0.3) is 0 Å². The normalized spacial score (nSPS) is 13.4. The van der Waals surface area contributed by atoms with Crippen molar-refractivity contribution in [3.63, 3.8) is 0 Å². The van der Waals surface area contributed by atoms with Gasteiger partial charge in [-0.3, -0.25) is 5.10 Å². The molecule has 5 nitrogen and oxygen atoms in total. The molecule has 1 atom stereocenters. The summed E-state index contributed by atoms with van der Waals surface area (Å²) in [5, 5.41) is 16.1. The van der Waals surface area contributed by atoms with Crippen LogP contribution in [0.15, 0.2) is 6.07 Å². The number of nitrogens with one attached hydrogen (secondary N) is 1. The number of hydrogen-bond donors (Lipinski definition) is 2. The van der Waals surface area contributed by atoms with E-state index in [0.29, 0.717) is 18.9 Å². The minimum atomic E-state index is -0.584. The fourth-order valence-corrected chi connectivity index (χ4v) is 1.22. The summed E-state index contributed by atoms with van der Waals surface area (Å²) >= 11 is 0. The molecular formula is C10H18N2O3. The van der Waals surface area contributed by atoms with E-state index in [0.717, 1.165) is 5.69 Å². The van der Waals surface area contributed by atoms with Crippen LogP contribution in [0.1, 0.15) is 44.6 Å². The summed E-state index contributed by atoms with van der Waals surface area (Å²) in [5.74, 6) is 0. The van der Waals surface area contributed by atoms with E-state index in [4.69, 9.17) is 9.47 Å². The second-order valence-electron chi connectivity index (χ2n) is 3.17. The first kappa shape index (κ1) is 12.2. The molecule has 0 saturated carbocycles. The molecular weight excluding hydrogens is 196 g/mol. The van der Waals surface area contributed by atoms with Crippen molar-refractivity contribution in [3.8, 4) is 0 Å². The zero-order chi connectivity index (χ0) is 11.3. The van der Waals surface area contributed by atoms with Crippen molar-refractivity contribution in [3.05, 3.63) is 17.5 Å². The van der Waals surface area contributed by atoms with Gasteiger partial charge in [0, 0.05) is 13.2 Å². The van der Waals surface area contributed by atoms with E-state index >= 15 is 0 Å². The number of aliphatic hydroxyl groups is 1. The third-order valence-corrected chi connectivity index (χ3v) is 1.94. The fraction of sp³-hybridized carbons (Fsp3) is 0.700. The smallest absolute Gasteiger partial charge is 0.200 e. The van der Waals surface area contributed by atoms with Gasteiger partial charge >= 0.3 is 0 Å². The lowest BCUT2D eigenvalue weighted by atomic mass is 10.2. The summed E-state index contributed by atoms with van der Waals surface area (Å²) in [6.45, 7) is 6.59. The Hall–Kier alpha value is -0.910. The average Bonchev–Trinajstić information content (AvgIpc) is 2.66. The van der Waals surface area contributed by atoms with Crippen LogP contribution in [-0.2, 0) is 9.47 Å². The van der Waals surface area contributed by atoms with Gasteiger partial charge in [-0.1, -0.05) is 0 Å². The molecule has 0 radical (unpaired) electrons. The Morgan fingerprint density at radius 2 is 2.00 bits per heavy atom. The molecule has 0 aliphatic heterocycles. The van der Waals surface area contributed by atoms with Gasteiger partial charge in [0.05, 0.1) is 17.5 Å². The number of rotatable bonds is 6. The first-order valence-electron chi connectivity index (χ1n) is 5.15. The first-order valence-corrected chi connectivity index (χ1v) is 5.15. The number of aliphatic hydroxyl groups excluding tert-OH is 1. The Balaban J connectivity index is 2.72. The lowest BCUT2D eigenvalue weighted by Crippen LogP contribution is -2.09. The summed E-state index contributed by atoms with van der Waals surface area (Å²) < 4.78 is 10.8. The number of aromatic nitrogens is 2. The third kappa shape index (κ3) is 3.30. The quantitative estimate of drug-likeness (QED) is 0.705. The second-order valence-corrected chi connectivity index (χ2v) is 3.17. The SMILES string of the molecule is CCOC(OCC)c1cc(C(C)O)n[nH]1. The van der Waals surface area contributed by atoms with Crippen molar-refractivity contribution in [2.45, 2.75) is 33.2 Å². The highest BCUT2D eigenvalue weighted by atomic mass is 16.7. The molecule has 1 aromatic rings. The standard InChI is InChI=1S/C10H18N2O3/c1-4-14-10(15-5-2)9-6-8(7(3)13)11-12-9/h6-7,10,13H,4-5H2,1-3H3,(H,11,12). The Bertz CT molecular complexity index is 280. The predicted octanol–water partition coefficient (Wildman–Crippen LogP) is 1.53. The molecule has 0 saturated heterocycles. The van der Waals surface area contributed by atoms with Crippen LogP contribution in [0.2, 0.25) is 0 Å². The molecule has 0 aliphatic carbocycles. The molecule has 86 valence electrons. The Morgan fingerprint density at radius 3 is 2.40 bits per heavy atom. The van der Waals surface area contributed by atoms with E-state index < -0.39 is 12.4 Å². The average molecular weight is 214 g/mol. The molecule has 0 spiro atoms. The van der Waals surface area contributed by atoms with Crippen LogP contribution in [0, 0.1) is 0 Å². The van der Waals surface area contributed by atoms with Crippen LogP contribution < -0.4 is 0 Å². The highest BCUT2D eigenvalue weighted by Crippen LogP contribution is 2.19. The van der Waals surface area contributed by atoms with Gasteiger partial charge < -0.3 is 14.6 Å². The summed E-state index contributed by atoms with van der Waals surface area (Å²) in [6.07, 6.45) is -1.01. The molecule has 1 aromatic heterocycles. The van der Waals surface area contributed by atoms with E-state index in [1.807, 2.05) is 13.8 Å². The van der Waals surface area contributed by atoms with Crippen molar-refractivity contribution < 1.29 is 14.6 Å². The van der Waals surface area contributed by atoms with E-state index in [2.05, 4.69) is 10.2 Å². The van der Waals surface area contributed by atoms with Gasteiger partial charge in [0.1, 0.15) is 0 Å². The van der Waals surface area contributed by atoms with Gasteiger partial charge in [-0.05, 0) is 26.8 Å². The Morgan fingerprint density at radius 1 is 1.40 bits per heavy atom. The van der Waals surface area contributed by atoms with E-state index in [1.165, 1.54) is 0 Å². The number of nitrogens with zero attached hydrogens (tertiary/aromatic N) is 1. The first-order chi connectivity index (χ1) is 7.19. The highest BCUT2D eigenvalue weighted by molar-refractivity contribution is 5.11. The minimum Gasteiger partial charge on any atom is -0.387 e. The number of H-pyrrole nitrogens is 1. The van der Waals surface area contributed by atoms with Crippen LogP contribution in [-0.4, -0.2) is 28.5 Å². The second kappa shape index (κ2) is 5.85. The third-order valence-electron chi connectivity index (χ3n) is 1.94. The number of hydrogen-bond acceptors (Lipinski definition) is 4. The van der Waals surface area contributed by atoms with Crippen LogP contribution in [0.5, 0.6) is 0 Å². The largest absolute Gasteiger partial charge is 0.387 e. The lowest BCUT2D eigenvalue weighted by Gasteiger charge is -2.14. The van der Waals surface area contributed by atoms with Crippen molar-refractivity contribution in [2.75, 3.05) is 13.2 Å². The van der Waals surface area contributed by atoms with E-state index in [9.17, 15) is 5.11 Å². The molecule has 1 heterocycles. The molecule has 0 fully saturated rings. The van der Waals surface area contributed by atoms with Crippen molar-refractivity contribution in [2.24, 2.45) is 0 Å². The van der Waals surface area contributed by atoms with Gasteiger partial charge in [0.15, 0.2) is 6.29 Å². The Kier molecular flexibility index (Phi) is 4.74. The highest BCUT2D eigenvalue weighted by Gasteiger charge is 2.15. The molecule has 1 unspecified atom stereocenters. The van der Waals surface area contributed by atoms with E-state index in [1.54, 1.807) is 13.0 Å². The number of ether oxygens (including phenoxy) is 2. The van der Waals surface area contributed by atoms with Gasteiger partial charge in [-0.15, -0.1) is 0 Å². The fourth-order valence-electron chi connectivity index (χ4n) is 1.22. The van der Waals surface area contributed by atoms with Gasteiger partial charge in [0.2, 0.25) is 0 Å². The maximum Gasteiger partial charge on any atom is 0.200 e. The molecule has 15 heavy (non-hydrogen) atoms. The molecule has 0 bridgehead atoms. The molecule has 0 amide bonds. The monoisotopic (exact) mass is 214 g/mol. The molecule has 0 aliphatic rings. The van der Waals surface area contributed by atoms with Crippen molar-refractivity contribution >= 4 is 0 Å². The summed E-state index contributed by atoms with van der Waals surface area (Å²) in [5.41, 5.74) is 1.32. The molecule has 1 rings (SSSR count). The van der Waals surface area contributed by atoms with Crippen LogP contribution in [0.3, 0.4) is 0 Å². The zero-order valence-corrected chi connectivity index (χ0v) is 9.36. The zero-order valence-electron chi connectivity index (χ0n) is 9.36. The maximum absolute atomic E-state index is 9.31. The minimum absolute atomic E-state index is 0.431.